The van der Waals surface area contributed by atoms with Crippen LogP contribution in [0, 0.1) is 12.7 Å². The Labute approximate surface area is 113 Å². The van der Waals surface area contributed by atoms with Gasteiger partial charge in [0.15, 0.2) is 0 Å². The van der Waals surface area contributed by atoms with Gasteiger partial charge in [-0.15, -0.1) is 0 Å². The third-order valence-corrected chi connectivity index (χ3v) is 2.98. The third kappa shape index (κ3) is 2.99. The molecule has 1 unspecified atom stereocenters. The highest BCUT2D eigenvalue weighted by atomic mass is 19.4. The number of hydrogen-bond donors (Lipinski definition) is 1. The molecule has 0 aliphatic rings. The van der Waals surface area contributed by atoms with E-state index in [-0.39, 0.29) is 11.1 Å². The molecule has 1 nitrogen and oxygen atoms in total. The van der Waals surface area contributed by atoms with Gasteiger partial charge >= 0.3 is 6.18 Å². The Balaban J connectivity index is 2.41. The molecule has 0 spiro atoms. The van der Waals surface area contributed by atoms with Crippen molar-refractivity contribution in [3.05, 3.63) is 70.5 Å². The van der Waals surface area contributed by atoms with E-state index in [2.05, 4.69) is 0 Å². The van der Waals surface area contributed by atoms with Crippen molar-refractivity contribution in [2.75, 3.05) is 0 Å². The molecule has 106 valence electrons. The summed E-state index contributed by atoms with van der Waals surface area (Å²) >= 11 is 0. The first-order valence-electron chi connectivity index (χ1n) is 5.90. The van der Waals surface area contributed by atoms with E-state index >= 15 is 0 Å². The number of rotatable bonds is 2. The predicted octanol–water partition coefficient (Wildman–Crippen LogP) is 4.23. The van der Waals surface area contributed by atoms with Crippen molar-refractivity contribution in [1.29, 1.82) is 0 Å². The predicted molar refractivity (Wildman–Crippen MR) is 66.6 cm³/mol. The van der Waals surface area contributed by atoms with Crippen molar-refractivity contribution in [1.82, 2.24) is 0 Å². The highest BCUT2D eigenvalue weighted by Gasteiger charge is 2.31. The largest absolute Gasteiger partial charge is 0.416 e. The Kier molecular flexibility index (Phi) is 3.81. The maximum atomic E-state index is 13.7. The molecule has 20 heavy (non-hydrogen) atoms. The first-order chi connectivity index (χ1) is 9.29. The minimum Gasteiger partial charge on any atom is -0.384 e. The van der Waals surface area contributed by atoms with E-state index in [1.165, 1.54) is 24.3 Å². The highest BCUT2D eigenvalue weighted by Crippen LogP contribution is 2.32. The van der Waals surface area contributed by atoms with Crippen LogP contribution in [0.25, 0.3) is 0 Å². The fourth-order valence-corrected chi connectivity index (χ4v) is 1.92. The molecule has 0 fully saturated rings. The molecule has 0 bridgehead atoms. The fraction of sp³-hybridized carbons (Fsp3) is 0.200. The van der Waals surface area contributed by atoms with Gasteiger partial charge in [-0.2, -0.15) is 13.2 Å². The number of aliphatic hydroxyl groups is 1. The van der Waals surface area contributed by atoms with Crippen LogP contribution in [0.5, 0.6) is 0 Å². The molecule has 2 aromatic rings. The van der Waals surface area contributed by atoms with Gasteiger partial charge in [0.2, 0.25) is 0 Å². The van der Waals surface area contributed by atoms with Gasteiger partial charge in [0, 0.05) is 5.56 Å². The van der Waals surface area contributed by atoms with Crippen molar-refractivity contribution in [2.45, 2.75) is 19.2 Å². The summed E-state index contributed by atoms with van der Waals surface area (Å²) in [6.07, 6.45) is -5.93. The van der Waals surface area contributed by atoms with Crippen LogP contribution in [0.4, 0.5) is 17.6 Å². The van der Waals surface area contributed by atoms with E-state index in [1.54, 1.807) is 13.0 Å². The van der Waals surface area contributed by atoms with Crippen LogP contribution in [0.15, 0.2) is 42.5 Å². The average Bonchev–Trinajstić information content (AvgIpc) is 2.37. The lowest BCUT2D eigenvalue weighted by Crippen LogP contribution is -2.08. The normalized spacial score (nSPS) is 13.3. The number of benzene rings is 2. The molecule has 0 saturated heterocycles. The number of aliphatic hydroxyl groups excluding tert-OH is 1. The summed E-state index contributed by atoms with van der Waals surface area (Å²) in [4.78, 5) is 0. The van der Waals surface area contributed by atoms with Crippen LogP contribution in [-0.2, 0) is 6.18 Å². The lowest BCUT2D eigenvalue weighted by atomic mass is 9.98. The van der Waals surface area contributed by atoms with Crippen molar-refractivity contribution in [3.8, 4) is 0 Å². The van der Waals surface area contributed by atoms with Crippen molar-refractivity contribution in [3.63, 3.8) is 0 Å². The van der Waals surface area contributed by atoms with Gasteiger partial charge in [-0.1, -0.05) is 24.3 Å². The standard InChI is InChI=1S/C15H12F4O/c1-9-5-6-12(13(16)7-9)14(20)10-3-2-4-11(8-10)15(17,18)19/h2-8,14,20H,1H3. The quantitative estimate of drug-likeness (QED) is 0.818. The minimum absolute atomic E-state index is 0.00239. The Morgan fingerprint density at radius 3 is 2.35 bits per heavy atom. The zero-order chi connectivity index (χ0) is 14.9. The van der Waals surface area contributed by atoms with Gasteiger partial charge in [0.05, 0.1) is 5.56 Å². The average molecular weight is 284 g/mol. The molecule has 0 heterocycles. The molecule has 0 amide bonds. The molecule has 0 saturated carbocycles. The van der Waals surface area contributed by atoms with E-state index in [1.807, 2.05) is 0 Å². The van der Waals surface area contributed by atoms with Crippen LogP contribution in [-0.4, -0.2) is 5.11 Å². The van der Waals surface area contributed by atoms with Crippen molar-refractivity contribution in [2.24, 2.45) is 0 Å². The van der Waals surface area contributed by atoms with E-state index in [0.717, 1.165) is 12.1 Å². The lowest BCUT2D eigenvalue weighted by Gasteiger charge is -2.15. The van der Waals surface area contributed by atoms with Crippen molar-refractivity contribution < 1.29 is 22.7 Å². The maximum absolute atomic E-state index is 13.7. The SMILES string of the molecule is Cc1ccc(C(O)c2cccc(C(F)(F)F)c2)c(F)c1. The zero-order valence-electron chi connectivity index (χ0n) is 10.6. The number of hydrogen-bond acceptors (Lipinski definition) is 1. The first kappa shape index (κ1) is 14.5. The van der Waals surface area contributed by atoms with Gasteiger partial charge in [-0.05, 0) is 36.2 Å². The van der Waals surface area contributed by atoms with Gasteiger partial charge in [0.25, 0.3) is 0 Å². The Morgan fingerprint density at radius 1 is 1.05 bits per heavy atom. The van der Waals surface area contributed by atoms with E-state index in [4.69, 9.17) is 0 Å². The summed E-state index contributed by atoms with van der Waals surface area (Å²) in [5, 5.41) is 10.0. The van der Waals surface area contributed by atoms with Crippen LogP contribution in [0.3, 0.4) is 0 Å². The smallest absolute Gasteiger partial charge is 0.384 e. The molecular weight excluding hydrogens is 272 g/mol. The topological polar surface area (TPSA) is 20.2 Å². The van der Waals surface area contributed by atoms with Gasteiger partial charge in [0.1, 0.15) is 11.9 Å². The minimum atomic E-state index is -4.50. The summed E-state index contributed by atoms with van der Waals surface area (Å²) in [5.74, 6) is -0.644. The molecule has 5 heteroatoms. The van der Waals surface area contributed by atoms with E-state index < -0.39 is 23.7 Å². The summed E-state index contributed by atoms with van der Waals surface area (Å²) in [6, 6.07) is 8.44. The van der Waals surface area contributed by atoms with Gasteiger partial charge in [-0.25, -0.2) is 4.39 Å². The molecule has 1 atom stereocenters. The Hall–Kier alpha value is -1.88. The highest BCUT2D eigenvalue weighted by molar-refractivity contribution is 5.35. The van der Waals surface area contributed by atoms with Gasteiger partial charge in [-0.3, -0.25) is 0 Å². The van der Waals surface area contributed by atoms with Crippen molar-refractivity contribution >= 4 is 0 Å². The number of aryl methyl sites for hydroxylation is 1. The summed E-state index contributed by atoms with van der Waals surface area (Å²) in [5.41, 5.74) is -0.249. The monoisotopic (exact) mass is 284 g/mol. The molecule has 0 aliphatic heterocycles. The lowest BCUT2D eigenvalue weighted by molar-refractivity contribution is -0.137. The summed E-state index contributed by atoms with van der Waals surface area (Å²) < 4.78 is 51.6. The summed E-state index contributed by atoms with van der Waals surface area (Å²) in [6.45, 7) is 1.68. The Bertz CT molecular complexity index is 620. The molecular formula is C15H12F4O. The fourth-order valence-electron chi connectivity index (χ4n) is 1.92. The molecule has 2 aromatic carbocycles. The van der Waals surface area contributed by atoms with Crippen LogP contribution in [0.2, 0.25) is 0 Å². The molecule has 2 rings (SSSR count). The van der Waals surface area contributed by atoms with Crippen LogP contribution >= 0.6 is 0 Å². The zero-order valence-corrected chi connectivity index (χ0v) is 10.6. The maximum Gasteiger partial charge on any atom is 0.416 e. The molecule has 1 N–H and O–H groups in total. The van der Waals surface area contributed by atoms with Crippen LogP contribution < -0.4 is 0 Å². The second-order valence-electron chi connectivity index (χ2n) is 4.55. The molecule has 0 radical (unpaired) electrons. The second-order valence-corrected chi connectivity index (χ2v) is 4.55. The number of alkyl halides is 3. The molecule has 0 aromatic heterocycles. The first-order valence-corrected chi connectivity index (χ1v) is 5.90. The second kappa shape index (κ2) is 5.25. The number of halogens is 4. The van der Waals surface area contributed by atoms with E-state index in [0.29, 0.717) is 5.56 Å². The van der Waals surface area contributed by atoms with E-state index in [9.17, 15) is 22.7 Å². The van der Waals surface area contributed by atoms with Gasteiger partial charge < -0.3 is 5.11 Å². The third-order valence-electron chi connectivity index (χ3n) is 2.98. The molecule has 0 aliphatic carbocycles. The Morgan fingerprint density at radius 2 is 1.75 bits per heavy atom. The van der Waals surface area contributed by atoms with Crippen LogP contribution in [0.1, 0.15) is 28.4 Å². The summed E-state index contributed by atoms with van der Waals surface area (Å²) in [7, 11) is 0.